The van der Waals surface area contributed by atoms with Gasteiger partial charge in [0.2, 0.25) is 0 Å². The molecule has 2 aromatic heterocycles. The number of anilines is 1. The summed E-state index contributed by atoms with van der Waals surface area (Å²) in [5, 5.41) is 10.4. The van der Waals surface area contributed by atoms with Crippen molar-refractivity contribution in [3.05, 3.63) is 12.7 Å². The fourth-order valence-corrected chi connectivity index (χ4v) is 5.55. The number of fused-ring (bicyclic) bond motifs is 2. The van der Waals surface area contributed by atoms with Gasteiger partial charge in [0.15, 0.2) is 17.7 Å². The fraction of sp³-hybridized carbons (Fsp3) is 0.773. The zero-order valence-electron chi connectivity index (χ0n) is 20.8. The van der Waals surface area contributed by atoms with Gasteiger partial charge in [-0.15, -0.1) is 0 Å². The molecule has 5 atom stereocenters. The molecule has 2 aromatic rings. The minimum absolute atomic E-state index is 0.0513. The van der Waals surface area contributed by atoms with Gasteiger partial charge < -0.3 is 29.9 Å². The van der Waals surface area contributed by atoms with Crippen LogP contribution in [0.5, 0.6) is 0 Å². The van der Waals surface area contributed by atoms with Crippen molar-refractivity contribution < 1.29 is 23.8 Å². The first-order valence-corrected chi connectivity index (χ1v) is 15.0. The smallest absolute Gasteiger partial charge is 0.325 e. The number of imidazole rings is 1. The van der Waals surface area contributed by atoms with E-state index < -0.39 is 31.3 Å². The van der Waals surface area contributed by atoms with Crippen molar-refractivity contribution in [2.75, 3.05) is 32.0 Å². The van der Waals surface area contributed by atoms with Crippen LogP contribution >= 0.6 is 6.72 Å². The number of ether oxygens (including phenoxy) is 1. The molecule has 0 bridgehead atoms. The highest BCUT2D eigenvalue weighted by atomic mass is 32.5. The second-order valence-electron chi connectivity index (χ2n) is 8.88. The lowest BCUT2D eigenvalue weighted by Crippen LogP contribution is -2.39. The van der Waals surface area contributed by atoms with Crippen LogP contribution in [0.15, 0.2) is 12.7 Å². The Morgan fingerprint density at radius 1 is 1.11 bits per heavy atom. The fourth-order valence-electron chi connectivity index (χ4n) is 4.10. The molecule has 0 aromatic carbocycles. The summed E-state index contributed by atoms with van der Waals surface area (Å²) in [5.74, 6) is 0.235. The maximum absolute atomic E-state index is 10.4. The summed E-state index contributed by atoms with van der Waals surface area (Å²) >= 11 is 4.80. The number of aliphatic hydroxyl groups excluding tert-OH is 1. The monoisotopic (exact) mass is 530 g/mol. The van der Waals surface area contributed by atoms with E-state index in [4.69, 9.17) is 31.3 Å². The standard InChI is InChI=1S/C12H27N.C10H12N5O5PS/c1-4-7-10-13(11-8-5-2)12-9-6-3;11-8-5-9(13-2-12-8)15(3-14-5)10-6(16)7-4(19-10)1-18-21(17,22)20-7/h4-12H2,1-3H3;2-4,6-7,10,16H,1H2,(H,17,22)(H2,11,12,13)/t;4-,6-,7-,10-,21?/m.1/s1. The molecule has 1 unspecified atom stereocenters. The minimum atomic E-state index is -3.33. The quantitative estimate of drug-likeness (QED) is 0.390. The first-order valence-electron chi connectivity index (χ1n) is 12.5. The summed E-state index contributed by atoms with van der Waals surface area (Å²) in [6, 6.07) is 0. The van der Waals surface area contributed by atoms with Crippen molar-refractivity contribution >= 4 is 35.5 Å². The van der Waals surface area contributed by atoms with E-state index in [0.717, 1.165) is 0 Å². The Balaban J connectivity index is 0.000000228. The highest BCUT2D eigenvalue weighted by molar-refractivity contribution is 8.07. The van der Waals surface area contributed by atoms with Crippen LogP contribution in [0.2, 0.25) is 0 Å². The molecule has 11 nitrogen and oxygen atoms in total. The number of hydrogen-bond donors (Lipinski definition) is 3. The number of hydrogen-bond acceptors (Lipinski definition) is 10. The molecule has 2 saturated heterocycles. The van der Waals surface area contributed by atoms with Gasteiger partial charge in [0.25, 0.3) is 0 Å². The number of aliphatic hydroxyl groups is 1. The number of nitrogens with two attached hydrogens (primary N) is 1. The van der Waals surface area contributed by atoms with Crippen molar-refractivity contribution in [3.63, 3.8) is 0 Å². The van der Waals surface area contributed by atoms with Crippen LogP contribution in [0.1, 0.15) is 65.5 Å². The van der Waals surface area contributed by atoms with E-state index in [1.807, 2.05) is 0 Å². The number of rotatable bonds is 10. The topological polar surface area (TPSA) is 141 Å². The molecule has 13 heteroatoms. The highest BCUT2D eigenvalue weighted by Gasteiger charge is 2.51. The Labute approximate surface area is 212 Å². The lowest BCUT2D eigenvalue weighted by molar-refractivity contribution is -0.0593. The largest absolute Gasteiger partial charge is 0.386 e. The first-order chi connectivity index (χ1) is 16.8. The molecule has 198 valence electrons. The summed E-state index contributed by atoms with van der Waals surface area (Å²) in [6.45, 7) is 7.50. The lowest BCUT2D eigenvalue weighted by Gasteiger charge is -2.30. The van der Waals surface area contributed by atoms with Gasteiger partial charge in [0.05, 0.1) is 12.9 Å². The molecule has 35 heavy (non-hydrogen) atoms. The molecular formula is C22H39N6O5PS. The van der Waals surface area contributed by atoms with Crippen molar-refractivity contribution in [1.29, 1.82) is 0 Å². The number of unbranched alkanes of at least 4 members (excludes halogenated alkanes) is 3. The van der Waals surface area contributed by atoms with Gasteiger partial charge >= 0.3 is 6.72 Å². The second-order valence-corrected chi connectivity index (χ2v) is 11.7. The summed E-state index contributed by atoms with van der Waals surface area (Å²) in [5.41, 5.74) is 6.58. The van der Waals surface area contributed by atoms with E-state index in [1.165, 1.54) is 70.8 Å². The Hall–Kier alpha value is -1.24. The molecule has 0 aliphatic carbocycles. The maximum atomic E-state index is 10.4. The molecular weight excluding hydrogens is 491 g/mol. The molecule has 0 amide bonds. The molecule has 0 radical (unpaired) electrons. The van der Waals surface area contributed by atoms with Crippen molar-refractivity contribution in [2.24, 2.45) is 0 Å². The predicted molar refractivity (Wildman–Crippen MR) is 138 cm³/mol. The van der Waals surface area contributed by atoms with E-state index in [1.54, 1.807) is 4.57 Å². The van der Waals surface area contributed by atoms with E-state index in [0.29, 0.717) is 11.2 Å². The lowest BCUT2D eigenvalue weighted by atomic mass is 10.1. The van der Waals surface area contributed by atoms with Crippen LogP contribution in [0.25, 0.3) is 11.2 Å². The Bertz CT molecular complexity index is 962. The van der Waals surface area contributed by atoms with Gasteiger partial charge in [0.1, 0.15) is 30.2 Å². The molecule has 4 N–H and O–H groups in total. The molecule has 2 aliphatic heterocycles. The van der Waals surface area contributed by atoms with Gasteiger partial charge in [-0.1, -0.05) is 40.0 Å². The average Bonchev–Trinajstić information content (AvgIpc) is 3.40. The van der Waals surface area contributed by atoms with Crippen molar-refractivity contribution in [3.8, 4) is 0 Å². The zero-order chi connectivity index (χ0) is 25.4. The van der Waals surface area contributed by atoms with Crippen LogP contribution in [0, 0.1) is 0 Å². The van der Waals surface area contributed by atoms with Crippen LogP contribution in [-0.2, 0) is 25.6 Å². The summed E-state index contributed by atoms with van der Waals surface area (Å²) in [7, 11) is 0. The number of nitrogen functional groups attached to an aromatic ring is 1. The molecule has 0 saturated carbocycles. The van der Waals surface area contributed by atoms with Crippen molar-refractivity contribution in [2.45, 2.75) is 83.8 Å². The van der Waals surface area contributed by atoms with Gasteiger partial charge in [-0.2, -0.15) is 0 Å². The SMILES string of the molecule is CCCCN(CCCC)CCCC.Nc1ncnc2c1ncn2[C@@H]1O[C@@H]2COP(O)(=S)O[C@H]2[C@H]1O. The summed E-state index contributed by atoms with van der Waals surface area (Å²) in [6.07, 6.45) is 7.68. The molecule has 4 heterocycles. The summed E-state index contributed by atoms with van der Waals surface area (Å²) < 4.78 is 17.6. The normalized spacial score (nSPS) is 28.2. The van der Waals surface area contributed by atoms with E-state index in [2.05, 4.69) is 40.6 Å². The van der Waals surface area contributed by atoms with Crippen LogP contribution in [0.3, 0.4) is 0 Å². The minimum Gasteiger partial charge on any atom is -0.386 e. The van der Waals surface area contributed by atoms with Gasteiger partial charge in [-0.25, -0.2) is 15.0 Å². The third kappa shape index (κ3) is 7.39. The average molecular weight is 531 g/mol. The number of aromatic nitrogens is 4. The highest BCUT2D eigenvalue weighted by Crippen LogP contribution is 2.52. The van der Waals surface area contributed by atoms with Gasteiger partial charge in [0, 0.05) is 0 Å². The molecule has 2 aliphatic rings. The van der Waals surface area contributed by atoms with E-state index in [-0.39, 0.29) is 12.4 Å². The molecule has 0 spiro atoms. The second kappa shape index (κ2) is 13.3. The van der Waals surface area contributed by atoms with Crippen molar-refractivity contribution in [1.82, 2.24) is 24.4 Å². The maximum Gasteiger partial charge on any atom is 0.325 e. The van der Waals surface area contributed by atoms with Gasteiger partial charge in [-0.3, -0.25) is 9.09 Å². The van der Waals surface area contributed by atoms with Gasteiger partial charge in [-0.05, 0) is 50.7 Å². The first kappa shape index (κ1) is 28.3. The van der Waals surface area contributed by atoms with E-state index >= 15 is 0 Å². The third-order valence-electron chi connectivity index (χ3n) is 6.11. The predicted octanol–water partition coefficient (Wildman–Crippen LogP) is 2.99. The van der Waals surface area contributed by atoms with Crippen LogP contribution < -0.4 is 5.73 Å². The van der Waals surface area contributed by atoms with E-state index in [9.17, 15) is 10.00 Å². The number of nitrogens with zero attached hydrogens (tertiary/aromatic N) is 5. The molecule has 2 fully saturated rings. The summed E-state index contributed by atoms with van der Waals surface area (Å²) in [4.78, 5) is 24.5. The van der Waals surface area contributed by atoms with Crippen LogP contribution in [0.4, 0.5) is 5.82 Å². The Kier molecular flexibility index (Phi) is 10.8. The Morgan fingerprint density at radius 2 is 1.74 bits per heavy atom. The Morgan fingerprint density at radius 3 is 2.34 bits per heavy atom. The van der Waals surface area contributed by atoms with Crippen LogP contribution in [-0.4, -0.2) is 79.0 Å². The molecule has 4 rings (SSSR count). The third-order valence-corrected chi connectivity index (χ3v) is 7.67. The zero-order valence-corrected chi connectivity index (χ0v) is 22.5.